The van der Waals surface area contributed by atoms with Gasteiger partial charge in [-0.05, 0) is 31.5 Å². The number of ether oxygens (including phenoxy) is 1. The Balaban J connectivity index is 2.14. The molecule has 5 heteroatoms. The molecule has 2 N–H and O–H groups in total. The van der Waals surface area contributed by atoms with Crippen LogP contribution in [-0.2, 0) is 0 Å². The predicted molar refractivity (Wildman–Crippen MR) is 81.6 cm³/mol. The Kier molecular flexibility index (Phi) is 5.66. The first-order valence-corrected chi connectivity index (χ1v) is 7.53. The lowest BCUT2D eigenvalue weighted by Gasteiger charge is -2.29. The summed E-state index contributed by atoms with van der Waals surface area (Å²) in [4.78, 5) is 2.25. The smallest absolute Gasteiger partial charge is 0.125 e. The van der Waals surface area contributed by atoms with Gasteiger partial charge in [0.2, 0.25) is 0 Å². The van der Waals surface area contributed by atoms with Gasteiger partial charge >= 0.3 is 0 Å². The minimum Gasteiger partial charge on any atom is -0.493 e. The summed E-state index contributed by atoms with van der Waals surface area (Å²) in [7, 11) is 0. The second-order valence-electron chi connectivity index (χ2n) is 5.14. The van der Waals surface area contributed by atoms with Gasteiger partial charge in [0.1, 0.15) is 5.75 Å². The second kappa shape index (κ2) is 7.27. The van der Waals surface area contributed by atoms with Crippen molar-refractivity contribution in [3.63, 3.8) is 0 Å². The highest BCUT2D eigenvalue weighted by molar-refractivity contribution is 6.31. The van der Waals surface area contributed by atoms with Crippen LogP contribution in [0.15, 0.2) is 12.1 Å². The lowest BCUT2D eigenvalue weighted by atomic mass is 10.0. The summed E-state index contributed by atoms with van der Waals surface area (Å²) in [5, 5.41) is 14.5. The van der Waals surface area contributed by atoms with E-state index >= 15 is 0 Å². The molecule has 1 aromatic carbocycles. The molecule has 1 aromatic rings. The standard InChI is InChI=1S/C15H23ClN2O2/c1-3-20-15-8-11(2)13(16)9-12(15)14(19)10-18-6-4-17-5-7-18/h8-9,14,17,19H,3-7,10H2,1-2H3. The summed E-state index contributed by atoms with van der Waals surface area (Å²) in [6, 6.07) is 3.73. The fourth-order valence-corrected chi connectivity index (χ4v) is 2.62. The van der Waals surface area contributed by atoms with E-state index in [1.807, 2.05) is 26.0 Å². The van der Waals surface area contributed by atoms with Crippen LogP contribution in [0.3, 0.4) is 0 Å². The van der Waals surface area contributed by atoms with Crippen LogP contribution in [0, 0.1) is 6.92 Å². The van der Waals surface area contributed by atoms with Crippen molar-refractivity contribution in [1.82, 2.24) is 10.2 Å². The third-order valence-electron chi connectivity index (χ3n) is 3.59. The van der Waals surface area contributed by atoms with Crippen molar-refractivity contribution in [1.29, 1.82) is 0 Å². The molecule has 1 fully saturated rings. The van der Waals surface area contributed by atoms with E-state index in [-0.39, 0.29) is 0 Å². The molecule has 20 heavy (non-hydrogen) atoms. The summed E-state index contributed by atoms with van der Waals surface area (Å²) in [5.41, 5.74) is 1.74. The van der Waals surface area contributed by atoms with Gasteiger partial charge in [-0.1, -0.05) is 11.6 Å². The molecular weight excluding hydrogens is 276 g/mol. The number of halogens is 1. The molecule has 112 valence electrons. The number of rotatable bonds is 5. The van der Waals surface area contributed by atoms with Crippen molar-refractivity contribution in [2.75, 3.05) is 39.3 Å². The molecule has 2 rings (SSSR count). The molecular formula is C15H23ClN2O2. The van der Waals surface area contributed by atoms with E-state index in [1.54, 1.807) is 0 Å². The summed E-state index contributed by atoms with van der Waals surface area (Å²) in [5.74, 6) is 0.733. The quantitative estimate of drug-likeness (QED) is 0.872. The Morgan fingerprint density at radius 1 is 1.40 bits per heavy atom. The average molecular weight is 299 g/mol. The van der Waals surface area contributed by atoms with Crippen LogP contribution in [-0.4, -0.2) is 49.3 Å². The largest absolute Gasteiger partial charge is 0.493 e. The van der Waals surface area contributed by atoms with Gasteiger partial charge in [-0.3, -0.25) is 4.90 Å². The number of nitrogens with one attached hydrogen (secondary N) is 1. The minimum absolute atomic E-state index is 0.576. The zero-order valence-corrected chi connectivity index (χ0v) is 12.9. The third-order valence-corrected chi connectivity index (χ3v) is 4.00. The van der Waals surface area contributed by atoms with Gasteiger partial charge in [-0.25, -0.2) is 0 Å². The van der Waals surface area contributed by atoms with E-state index in [2.05, 4.69) is 10.2 Å². The van der Waals surface area contributed by atoms with E-state index in [0.717, 1.165) is 43.1 Å². The molecule has 0 radical (unpaired) electrons. The number of piperazine rings is 1. The van der Waals surface area contributed by atoms with Crippen molar-refractivity contribution in [2.24, 2.45) is 0 Å². The van der Waals surface area contributed by atoms with Crippen LogP contribution < -0.4 is 10.1 Å². The van der Waals surface area contributed by atoms with Crippen molar-refractivity contribution < 1.29 is 9.84 Å². The number of benzene rings is 1. The number of aryl methyl sites for hydroxylation is 1. The van der Waals surface area contributed by atoms with Gasteiger partial charge in [0.15, 0.2) is 0 Å². The molecule has 0 bridgehead atoms. The molecule has 4 nitrogen and oxygen atoms in total. The highest BCUT2D eigenvalue weighted by Gasteiger charge is 2.20. The summed E-state index contributed by atoms with van der Waals surface area (Å²) in [6.45, 7) is 8.93. The number of aliphatic hydroxyl groups excluding tert-OH is 1. The first-order chi connectivity index (χ1) is 9.61. The first-order valence-electron chi connectivity index (χ1n) is 7.15. The lowest BCUT2D eigenvalue weighted by Crippen LogP contribution is -2.45. The molecule has 0 aliphatic carbocycles. The maximum absolute atomic E-state index is 10.5. The molecule has 1 unspecified atom stereocenters. The SMILES string of the molecule is CCOc1cc(C)c(Cl)cc1C(O)CN1CCNCC1. The van der Waals surface area contributed by atoms with Crippen LogP contribution in [0.2, 0.25) is 5.02 Å². The van der Waals surface area contributed by atoms with Crippen molar-refractivity contribution in [2.45, 2.75) is 20.0 Å². The maximum Gasteiger partial charge on any atom is 0.125 e. The number of hydrogen-bond acceptors (Lipinski definition) is 4. The molecule has 1 saturated heterocycles. The van der Waals surface area contributed by atoms with Crippen LogP contribution in [0.4, 0.5) is 0 Å². The fourth-order valence-electron chi connectivity index (χ4n) is 2.45. The molecule has 1 aliphatic rings. The topological polar surface area (TPSA) is 44.7 Å². The van der Waals surface area contributed by atoms with Gasteiger partial charge in [0, 0.05) is 43.3 Å². The zero-order valence-electron chi connectivity index (χ0n) is 12.2. The van der Waals surface area contributed by atoms with Crippen molar-refractivity contribution in [3.8, 4) is 5.75 Å². The molecule has 0 amide bonds. The molecule has 1 heterocycles. The van der Waals surface area contributed by atoms with Gasteiger partial charge in [0.25, 0.3) is 0 Å². The molecule has 0 spiro atoms. The Morgan fingerprint density at radius 2 is 2.10 bits per heavy atom. The molecule has 1 aliphatic heterocycles. The Morgan fingerprint density at radius 3 is 2.75 bits per heavy atom. The van der Waals surface area contributed by atoms with E-state index in [0.29, 0.717) is 18.2 Å². The number of hydrogen-bond donors (Lipinski definition) is 2. The Hall–Kier alpha value is -0.810. The normalized spacial score (nSPS) is 18.0. The van der Waals surface area contributed by atoms with Gasteiger partial charge in [-0.15, -0.1) is 0 Å². The fraction of sp³-hybridized carbons (Fsp3) is 0.600. The molecule has 0 saturated carbocycles. The number of β-amino-alcohol motifs (C(OH)–C–C–N with tert-alkyl or cyclic N) is 1. The van der Waals surface area contributed by atoms with Crippen LogP contribution in [0.5, 0.6) is 5.75 Å². The van der Waals surface area contributed by atoms with E-state index in [4.69, 9.17) is 16.3 Å². The highest BCUT2D eigenvalue weighted by Crippen LogP contribution is 2.31. The van der Waals surface area contributed by atoms with E-state index < -0.39 is 6.10 Å². The van der Waals surface area contributed by atoms with Crippen molar-refractivity contribution in [3.05, 3.63) is 28.3 Å². The summed E-state index contributed by atoms with van der Waals surface area (Å²) in [6.07, 6.45) is -0.576. The van der Waals surface area contributed by atoms with Gasteiger partial charge in [-0.2, -0.15) is 0 Å². The Labute approximate surface area is 125 Å². The minimum atomic E-state index is -0.576. The first kappa shape index (κ1) is 15.6. The third kappa shape index (κ3) is 3.85. The second-order valence-corrected chi connectivity index (χ2v) is 5.55. The highest BCUT2D eigenvalue weighted by atomic mass is 35.5. The maximum atomic E-state index is 10.5. The Bertz CT molecular complexity index is 448. The van der Waals surface area contributed by atoms with E-state index in [9.17, 15) is 5.11 Å². The molecule has 1 atom stereocenters. The monoisotopic (exact) mass is 298 g/mol. The van der Waals surface area contributed by atoms with Gasteiger partial charge in [0.05, 0.1) is 12.7 Å². The predicted octanol–water partition coefficient (Wildman–Crippen LogP) is 1.99. The number of aliphatic hydroxyl groups is 1. The van der Waals surface area contributed by atoms with E-state index in [1.165, 1.54) is 0 Å². The van der Waals surface area contributed by atoms with Crippen LogP contribution in [0.25, 0.3) is 0 Å². The summed E-state index contributed by atoms with van der Waals surface area (Å²) < 4.78 is 5.63. The summed E-state index contributed by atoms with van der Waals surface area (Å²) >= 11 is 6.18. The number of nitrogens with zero attached hydrogens (tertiary/aromatic N) is 1. The lowest BCUT2D eigenvalue weighted by molar-refractivity contribution is 0.103. The van der Waals surface area contributed by atoms with Gasteiger partial charge < -0.3 is 15.2 Å². The molecule has 0 aromatic heterocycles. The van der Waals surface area contributed by atoms with Crippen LogP contribution >= 0.6 is 11.6 Å². The van der Waals surface area contributed by atoms with Crippen LogP contribution in [0.1, 0.15) is 24.2 Å². The zero-order chi connectivity index (χ0) is 14.5. The van der Waals surface area contributed by atoms with Crippen molar-refractivity contribution >= 4 is 11.6 Å². The average Bonchev–Trinajstić information content (AvgIpc) is 2.44.